The number of hydrogen-bond acceptors (Lipinski definition) is 2. The highest BCUT2D eigenvalue weighted by Crippen LogP contribution is 2.25. The molecule has 2 amide bonds. The van der Waals surface area contributed by atoms with Crippen LogP contribution in [0.3, 0.4) is 0 Å². The lowest BCUT2D eigenvalue weighted by Crippen LogP contribution is -2.28. The van der Waals surface area contributed by atoms with E-state index in [0.717, 1.165) is 30.5 Å². The third kappa shape index (κ3) is 6.05. The van der Waals surface area contributed by atoms with Gasteiger partial charge in [-0.2, -0.15) is 0 Å². The molecule has 2 N–H and O–H groups in total. The Morgan fingerprint density at radius 2 is 1.53 bits per heavy atom. The Hall–Kier alpha value is -3.92. The summed E-state index contributed by atoms with van der Waals surface area (Å²) in [7, 11) is 0. The molecule has 0 aliphatic rings. The maximum absolute atomic E-state index is 12.1. The lowest BCUT2D eigenvalue weighted by Gasteiger charge is -2.10. The van der Waals surface area contributed by atoms with E-state index in [1.54, 1.807) is 12.4 Å². The summed E-state index contributed by atoms with van der Waals surface area (Å²) in [4.78, 5) is 16.2. The number of pyridine rings is 1. The first-order valence-electron chi connectivity index (χ1n) is 10.9. The van der Waals surface area contributed by atoms with Crippen LogP contribution in [0.5, 0.6) is 0 Å². The molecule has 0 unspecified atom stereocenters. The van der Waals surface area contributed by atoms with Crippen molar-refractivity contribution in [3.63, 3.8) is 0 Å². The van der Waals surface area contributed by atoms with E-state index in [1.807, 2.05) is 24.3 Å². The van der Waals surface area contributed by atoms with E-state index < -0.39 is 0 Å². The molecule has 0 saturated carbocycles. The fourth-order valence-electron chi connectivity index (χ4n) is 3.74. The van der Waals surface area contributed by atoms with Gasteiger partial charge in [-0.1, -0.05) is 72.8 Å². The highest BCUT2D eigenvalue weighted by atomic mass is 16.2. The van der Waals surface area contributed by atoms with E-state index in [0.29, 0.717) is 6.54 Å². The number of nitrogens with zero attached hydrogens (tertiary/aromatic N) is 1. The highest BCUT2D eigenvalue weighted by Gasteiger charge is 2.05. The summed E-state index contributed by atoms with van der Waals surface area (Å²) in [6.45, 7) is 0.447. The maximum atomic E-state index is 12.1. The van der Waals surface area contributed by atoms with Crippen LogP contribution in [-0.4, -0.2) is 11.0 Å². The summed E-state index contributed by atoms with van der Waals surface area (Å²) in [5, 5.41) is 5.72. The number of rotatable bonds is 8. The van der Waals surface area contributed by atoms with E-state index in [2.05, 4.69) is 82.3 Å². The predicted molar refractivity (Wildman–Crippen MR) is 130 cm³/mol. The van der Waals surface area contributed by atoms with E-state index in [1.165, 1.54) is 22.3 Å². The van der Waals surface area contributed by atoms with Crippen LogP contribution >= 0.6 is 0 Å². The van der Waals surface area contributed by atoms with Gasteiger partial charge in [0.2, 0.25) is 0 Å². The summed E-state index contributed by atoms with van der Waals surface area (Å²) in [6, 6.07) is 30.8. The SMILES string of the molecule is O=C(NCc1cccnc1)Nc1ccc(CCCc2ccccc2-c2ccccc2)cc1. The van der Waals surface area contributed by atoms with E-state index in [4.69, 9.17) is 0 Å². The lowest BCUT2D eigenvalue weighted by atomic mass is 9.95. The number of urea groups is 1. The lowest BCUT2D eigenvalue weighted by molar-refractivity contribution is 0.251. The molecular formula is C28H27N3O. The summed E-state index contributed by atoms with van der Waals surface area (Å²) in [5.74, 6) is 0. The summed E-state index contributed by atoms with van der Waals surface area (Å²) < 4.78 is 0. The Bertz CT molecular complexity index is 1130. The molecule has 0 bridgehead atoms. The average Bonchev–Trinajstić information content (AvgIpc) is 2.85. The minimum Gasteiger partial charge on any atom is -0.334 e. The van der Waals surface area contributed by atoms with Crippen molar-refractivity contribution >= 4 is 11.7 Å². The predicted octanol–water partition coefficient (Wildman–Crippen LogP) is 6.25. The largest absolute Gasteiger partial charge is 0.334 e. The Labute approximate surface area is 189 Å². The van der Waals surface area contributed by atoms with Crippen LogP contribution in [0, 0.1) is 0 Å². The van der Waals surface area contributed by atoms with Crippen LogP contribution in [0.25, 0.3) is 11.1 Å². The molecule has 0 radical (unpaired) electrons. The molecule has 0 aliphatic heterocycles. The third-order valence-electron chi connectivity index (χ3n) is 5.40. The number of benzene rings is 3. The van der Waals surface area contributed by atoms with Gasteiger partial charge in [-0.15, -0.1) is 0 Å². The minimum absolute atomic E-state index is 0.223. The van der Waals surface area contributed by atoms with E-state index in [-0.39, 0.29) is 6.03 Å². The van der Waals surface area contributed by atoms with Crippen molar-refractivity contribution in [1.82, 2.24) is 10.3 Å². The monoisotopic (exact) mass is 421 g/mol. The fraction of sp³-hybridized carbons (Fsp3) is 0.143. The van der Waals surface area contributed by atoms with Crippen LogP contribution in [0.15, 0.2) is 103 Å². The van der Waals surface area contributed by atoms with E-state index in [9.17, 15) is 4.79 Å². The number of hydrogen-bond donors (Lipinski definition) is 2. The first-order chi connectivity index (χ1) is 15.8. The Morgan fingerprint density at radius 3 is 2.31 bits per heavy atom. The maximum Gasteiger partial charge on any atom is 0.319 e. The average molecular weight is 422 g/mol. The number of aryl methyl sites for hydroxylation is 2. The molecule has 0 saturated heterocycles. The number of nitrogens with one attached hydrogen (secondary N) is 2. The van der Waals surface area contributed by atoms with Crippen LogP contribution in [-0.2, 0) is 19.4 Å². The number of aromatic nitrogens is 1. The summed E-state index contributed by atoms with van der Waals surface area (Å²) in [6.07, 6.45) is 6.56. The zero-order chi connectivity index (χ0) is 22.0. The van der Waals surface area contributed by atoms with Gasteiger partial charge in [0.15, 0.2) is 0 Å². The Morgan fingerprint density at radius 1 is 0.750 bits per heavy atom. The van der Waals surface area contributed by atoms with Crippen molar-refractivity contribution in [3.8, 4) is 11.1 Å². The molecule has 3 aromatic carbocycles. The molecule has 0 spiro atoms. The Balaban J connectivity index is 1.26. The smallest absolute Gasteiger partial charge is 0.319 e. The molecule has 1 aromatic heterocycles. The Kier molecular flexibility index (Phi) is 7.27. The summed E-state index contributed by atoms with van der Waals surface area (Å²) in [5.41, 5.74) is 6.97. The zero-order valence-corrected chi connectivity index (χ0v) is 18.0. The molecule has 4 aromatic rings. The second kappa shape index (κ2) is 10.9. The topological polar surface area (TPSA) is 54.0 Å². The number of amides is 2. The van der Waals surface area contributed by atoms with E-state index >= 15 is 0 Å². The van der Waals surface area contributed by atoms with Crippen molar-refractivity contribution in [1.29, 1.82) is 0 Å². The number of carbonyl (C=O) groups excluding carboxylic acids is 1. The van der Waals surface area contributed by atoms with Crippen molar-refractivity contribution in [3.05, 3.63) is 120 Å². The van der Waals surface area contributed by atoms with Crippen molar-refractivity contribution in [2.75, 3.05) is 5.32 Å². The van der Waals surface area contributed by atoms with Gasteiger partial charge in [0.25, 0.3) is 0 Å². The second-order valence-electron chi connectivity index (χ2n) is 7.74. The van der Waals surface area contributed by atoms with Gasteiger partial charge in [0.1, 0.15) is 0 Å². The minimum atomic E-state index is -0.223. The standard InChI is InChI=1S/C28H27N3O/c32-28(30-21-23-9-7-19-29-20-23)31-26-17-15-22(16-18-26)8-6-13-25-12-4-5-14-27(25)24-10-2-1-3-11-24/h1-5,7,9-12,14-20H,6,8,13,21H2,(H2,30,31,32). The third-order valence-corrected chi connectivity index (χ3v) is 5.40. The molecule has 32 heavy (non-hydrogen) atoms. The van der Waals surface area contributed by atoms with Gasteiger partial charge in [0, 0.05) is 24.6 Å². The van der Waals surface area contributed by atoms with Crippen molar-refractivity contribution in [2.45, 2.75) is 25.8 Å². The summed E-state index contributed by atoms with van der Waals surface area (Å²) >= 11 is 0. The molecule has 0 fully saturated rings. The molecule has 4 rings (SSSR count). The second-order valence-corrected chi connectivity index (χ2v) is 7.74. The van der Waals surface area contributed by atoms with Gasteiger partial charge >= 0.3 is 6.03 Å². The first kappa shape index (κ1) is 21.3. The van der Waals surface area contributed by atoms with Crippen molar-refractivity contribution < 1.29 is 4.79 Å². The van der Waals surface area contributed by atoms with Crippen molar-refractivity contribution in [2.24, 2.45) is 0 Å². The molecular weight excluding hydrogens is 394 g/mol. The number of carbonyl (C=O) groups is 1. The van der Waals surface area contributed by atoms with Crippen LogP contribution in [0.4, 0.5) is 10.5 Å². The van der Waals surface area contributed by atoms with Crippen LogP contribution < -0.4 is 10.6 Å². The number of anilines is 1. The molecule has 0 atom stereocenters. The fourth-order valence-corrected chi connectivity index (χ4v) is 3.74. The van der Waals surface area contributed by atoms with Crippen LogP contribution in [0.1, 0.15) is 23.1 Å². The first-order valence-corrected chi connectivity index (χ1v) is 10.9. The van der Waals surface area contributed by atoms with Crippen LogP contribution in [0.2, 0.25) is 0 Å². The van der Waals surface area contributed by atoms with Gasteiger partial charge in [-0.3, -0.25) is 4.98 Å². The molecule has 160 valence electrons. The van der Waals surface area contributed by atoms with Gasteiger partial charge < -0.3 is 10.6 Å². The molecule has 4 nitrogen and oxygen atoms in total. The molecule has 0 aliphatic carbocycles. The molecule has 1 heterocycles. The van der Waals surface area contributed by atoms with Gasteiger partial charge in [-0.25, -0.2) is 4.79 Å². The van der Waals surface area contributed by atoms with Gasteiger partial charge in [-0.05, 0) is 65.3 Å². The zero-order valence-electron chi connectivity index (χ0n) is 18.0. The highest BCUT2D eigenvalue weighted by molar-refractivity contribution is 5.89. The van der Waals surface area contributed by atoms with Gasteiger partial charge in [0.05, 0.1) is 0 Å². The molecule has 4 heteroatoms. The quantitative estimate of drug-likeness (QED) is 0.353. The normalized spacial score (nSPS) is 10.5.